The van der Waals surface area contributed by atoms with Gasteiger partial charge in [-0.2, -0.15) is 13.2 Å². The maximum atomic E-state index is 12.1. The highest BCUT2D eigenvalue weighted by Crippen LogP contribution is 2.38. The first kappa shape index (κ1) is 10.7. The molecule has 2 nitrogen and oxygen atoms in total. The van der Waals surface area contributed by atoms with Crippen molar-refractivity contribution < 1.29 is 27.1 Å². The zero-order chi connectivity index (χ0) is 10.9. The summed E-state index contributed by atoms with van der Waals surface area (Å²) in [5.41, 5.74) is -2.78. The molecule has 14 heavy (non-hydrogen) atoms. The number of hydrogen-bond acceptors (Lipinski definition) is 2. The number of halogens is 5. The third-order valence-electron chi connectivity index (χ3n) is 1.46. The molecule has 0 spiro atoms. The molecule has 0 fully saturated rings. The molecule has 0 amide bonds. The van der Waals surface area contributed by atoms with Crippen LogP contribution in [0, 0.1) is 0 Å². The van der Waals surface area contributed by atoms with E-state index in [1.54, 1.807) is 0 Å². The molecule has 1 aromatic rings. The molecule has 1 heterocycles. The van der Waals surface area contributed by atoms with Gasteiger partial charge in [0.25, 0.3) is 6.43 Å². The van der Waals surface area contributed by atoms with E-state index in [9.17, 15) is 22.0 Å². The Hall–Kier alpha value is -1.40. The molecule has 78 valence electrons. The molecule has 0 atom stereocenters. The second-order valence-electron chi connectivity index (χ2n) is 2.39. The summed E-state index contributed by atoms with van der Waals surface area (Å²) in [5, 5.41) is 8.83. The van der Waals surface area contributed by atoms with Crippen molar-refractivity contribution in [2.45, 2.75) is 12.6 Å². The van der Waals surface area contributed by atoms with Crippen molar-refractivity contribution in [1.29, 1.82) is 0 Å². The lowest BCUT2D eigenvalue weighted by molar-refractivity contribution is -0.139. The maximum Gasteiger partial charge on any atom is 0.420 e. The van der Waals surface area contributed by atoms with Crippen LogP contribution in [-0.4, -0.2) is 10.1 Å². The summed E-state index contributed by atoms with van der Waals surface area (Å²) in [6.07, 6.45) is -7.53. The van der Waals surface area contributed by atoms with E-state index in [0.717, 1.165) is 0 Å². The van der Waals surface area contributed by atoms with Crippen LogP contribution in [-0.2, 0) is 6.18 Å². The second kappa shape index (κ2) is 3.39. The quantitative estimate of drug-likeness (QED) is 0.727. The monoisotopic (exact) mass is 213 g/mol. The molecule has 0 unspecified atom stereocenters. The molecule has 0 saturated heterocycles. The number of aromatic hydroxyl groups is 1. The Kier molecular flexibility index (Phi) is 2.59. The third-order valence-corrected chi connectivity index (χ3v) is 1.46. The number of pyridine rings is 1. The topological polar surface area (TPSA) is 33.1 Å². The molecule has 0 saturated carbocycles. The summed E-state index contributed by atoms with van der Waals surface area (Å²) < 4.78 is 60.2. The molecule has 0 bridgehead atoms. The first-order valence-corrected chi connectivity index (χ1v) is 3.37. The van der Waals surface area contributed by atoms with Gasteiger partial charge in [-0.25, -0.2) is 8.78 Å². The molecule has 0 aromatic carbocycles. The van der Waals surface area contributed by atoms with Crippen LogP contribution in [0.4, 0.5) is 22.0 Å². The van der Waals surface area contributed by atoms with Crippen molar-refractivity contribution in [3.05, 3.63) is 23.5 Å². The van der Waals surface area contributed by atoms with Gasteiger partial charge in [0.2, 0.25) is 0 Å². The Bertz CT molecular complexity index is 335. The molecule has 0 aliphatic rings. The Morgan fingerprint density at radius 2 is 1.86 bits per heavy atom. The zero-order valence-electron chi connectivity index (χ0n) is 6.52. The van der Waals surface area contributed by atoms with E-state index >= 15 is 0 Å². The van der Waals surface area contributed by atoms with Crippen molar-refractivity contribution in [3.8, 4) is 5.75 Å². The van der Waals surface area contributed by atoms with Gasteiger partial charge in [-0.15, -0.1) is 0 Å². The van der Waals surface area contributed by atoms with Gasteiger partial charge >= 0.3 is 6.18 Å². The number of hydrogen-bond donors (Lipinski definition) is 1. The highest BCUT2D eigenvalue weighted by molar-refractivity contribution is 5.38. The van der Waals surface area contributed by atoms with Gasteiger partial charge in [-0.3, -0.25) is 4.98 Å². The SMILES string of the molecule is Oc1c(C(F)(F)F)ccnc1C(F)F. The largest absolute Gasteiger partial charge is 0.505 e. The first-order valence-electron chi connectivity index (χ1n) is 3.37. The van der Waals surface area contributed by atoms with E-state index in [-0.39, 0.29) is 0 Å². The second-order valence-corrected chi connectivity index (χ2v) is 2.39. The van der Waals surface area contributed by atoms with Crippen LogP contribution in [0.15, 0.2) is 12.3 Å². The summed E-state index contributed by atoms with van der Waals surface area (Å²) >= 11 is 0. The maximum absolute atomic E-state index is 12.1. The van der Waals surface area contributed by atoms with Gasteiger partial charge in [0.05, 0.1) is 0 Å². The van der Waals surface area contributed by atoms with Crippen LogP contribution in [0.2, 0.25) is 0 Å². The number of rotatable bonds is 1. The highest BCUT2D eigenvalue weighted by atomic mass is 19.4. The van der Waals surface area contributed by atoms with Crippen LogP contribution < -0.4 is 0 Å². The average Bonchev–Trinajstić information content (AvgIpc) is 2.01. The Morgan fingerprint density at radius 1 is 1.29 bits per heavy atom. The summed E-state index contributed by atoms with van der Waals surface area (Å²) in [5.74, 6) is -1.52. The van der Waals surface area contributed by atoms with Crippen LogP contribution in [0.3, 0.4) is 0 Å². The minimum atomic E-state index is -4.86. The van der Waals surface area contributed by atoms with E-state index in [2.05, 4.69) is 4.98 Å². The molecule has 1 rings (SSSR count). The Balaban J connectivity index is 3.28. The lowest BCUT2D eigenvalue weighted by Crippen LogP contribution is -2.07. The predicted octanol–water partition coefficient (Wildman–Crippen LogP) is 2.74. The van der Waals surface area contributed by atoms with Crippen LogP contribution in [0.25, 0.3) is 0 Å². The van der Waals surface area contributed by atoms with E-state index in [1.165, 1.54) is 0 Å². The molecule has 1 aromatic heterocycles. The summed E-state index contributed by atoms with van der Waals surface area (Å²) in [6, 6.07) is 0.432. The number of alkyl halides is 5. The third kappa shape index (κ3) is 1.91. The van der Waals surface area contributed by atoms with Crippen molar-refractivity contribution in [1.82, 2.24) is 4.98 Å². The number of aromatic nitrogens is 1. The lowest BCUT2D eigenvalue weighted by atomic mass is 10.2. The van der Waals surface area contributed by atoms with Gasteiger partial charge < -0.3 is 5.11 Å². The predicted molar refractivity (Wildman–Crippen MR) is 35.9 cm³/mol. The van der Waals surface area contributed by atoms with Gasteiger partial charge in [0.1, 0.15) is 11.3 Å². The van der Waals surface area contributed by atoms with Gasteiger partial charge in [-0.05, 0) is 6.07 Å². The molecule has 1 N–H and O–H groups in total. The van der Waals surface area contributed by atoms with E-state index in [1.807, 2.05) is 0 Å². The number of nitrogens with zero attached hydrogens (tertiary/aromatic N) is 1. The minimum absolute atomic E-state index is 0.432. The van der Waals surface area contributed by atoms with Gasteiger partial charge in [-0.1, -0.05) is 0 Å². The molecule has 0 aliphatic heterocycles. The smallest absolute Gasteiger partial charge is 0.420 e. The fourth-order valence-corrected chi connectivity index (χ4v) is 0.859. The fraction of sp³-hybridized carbons (Fsp3) is 0.286. The first-order chi connectivity index (χ1) is 6.34. The Labute approximate surface area is 75.0 Å². The van der Waals surface area contributed by atoms with Crippen molar-refractivity contribution in [2.75, 3.05) is 0 Å². The zero-order valence-corrected chi connectivity index (χ0v) is 6.52. The van der Waals surface area contributed by atoms with Crippen molar-refractivity contribution in [3.63, 3.8) is 0 Å². The molecular formula is C7H4F5NO. The fourth-order valence-electron chi connectivity index (χ4n) is 0.859. The standard InChI is InChI=1S/C7H4F5NO/c8-6(9)4-5(14)3(1-2-13-4)7(10,11)12/h1-2,6,14H. The van der Waals surface area contributed by atoms with Crippen LogP contribution >= 0.6 is 0 Å². The highest BCUT2D eigenvalue weighted by Gasteiger charge is 2.36. The van der Waals surface area contributed by atoms with Gasteiger partial charge in [0, 0.05) is 6.20 Å². The molecule has 0 radical (unpaired) electrons. The molecular weight excluding hydrogens is 209 g/mol. The van der Waals surface area contributed by atoms with Crippen LogP contribution in [0.5, 0.6) is 5.75 Å². The summed E-state index contributed by atoms with van der Waals surface area (Å²) in [4.78, 5) is 2.95. The van der Waals surface area contributed by atoms with E-state index in [4.69, 9.17) is 5.11 Å². The molecule has 0 aliphatic carbocycles. The van der Waals surface area contributed by atoms with E-state index < -0.39 is 29.6 Å². The van der Waals surface area contributed by atoms with Crippen molar-refractivity contribution in [2.24, 2.45) is 0 Å². The Morgan fingerprint density at radius 3 is 2.29 bits per heavy atom. The van der Waals surface area contributed by atoms with Crippen molar-refractivity contribution >= 4 is 0 Å². The summed E-state index contributed by atoms with van der Waals surface area (Å²) in [7, 11) is 0. The van der Waals surface area contributed by atoms with E-state index in [0.29, 0.717) is 12.3 Å². The minimum Gasteiger partial charge on any atom is -0.505 e. The lowest BCUT2D eigenvalue weighted by Gasteiger charge is -2.10. The molecule has 7 heteroatoms. The van der Waals surface area contributed by atoms with Gasteiger partial charge in [0.15, 0.2) is 5.75 Å². The van der Waals surface area contributed by atoms with Crippen LogP contribution in [0.1, 0.15) is 17.7 Å². The normalized spacial score (nSPS) is 12.1. The summed E-state index contributed by atoms with van der Waals surface area (Å²) in [6.45, 7) is 0. The average molecular weight is 213 g/mol.